The van der Waals surface area contributed by atoms with Gasteiger partial charge in [-0.05, 0) is 61.1 Å². The Hall–Kier alpha value is -1.98. The zero-order chi connectivity index (χ0) is 18.8. The van der Waals surface area contributed by atoms with Crippen molar-refractivity contribution in [2.45, 2.75) is 25.7 Å². The molecule has 138 valence electrons. The number of hydroxylamine groups is 2. The van der Waals surface area contributed by atoms with E-state index in [0.717, 1.165) is 36.8 Å². The fourth-order valence-corrected chi connectivity index (χ4v) is 2.75. The van der Waals surface area contributed by atoms with Crippen LogP contribution in [0.2, 0.25) is 10.0 Å². The van der Waals surface area contributed by atoms with Gasteiger partial charge in [-0.25, -0.2) is 0 Å². The number of halogens is 2. The Labute approximate surface area is 163 Å². The Kier molecular flexibility index (Phi) is 8.51. The molecule has 6 heteroatoms. The SMILES string of the molecule is ON/C(=C\CCCC/C=C(/NO)c1ccc(Cl)cc1)c1ccc(Cl)cc1. The molecule has 0 spiro atoms. The molecule has 0 saturated heterocycles. The highest BCUT2D eigenvalue weighted by Crippen LogP contribution is 2.18. The van der Waals surface area contributed by atoms with Gasteiger partial charge in [0.1, 0.15) is 0 Å². The normalized spacial score (nSPS) is 12.2. The minimum Gasteiger partial charge on any atom is -0.291 e. The van der Waals surface area contributed by atoms with Crippen molar-refractivity contribution in [3.63, 3.8) is 0 Å². The van der Waals surface area contributed by atoms with Crippen LogP contribution in [0.15, 0.2) is 60.7 Å². The lowest BCUT2D eigenvalue weighted by molar-refractivity contribution is 0.224. The van der Waals surface area contributed by atoms with Crippen molar-refractivity contribution < 1.29 is 10.4 Å². The van der Waals surface area contributed by atoms with Crippen LogP contribution in [-0.4, -0.2) is 10.4 Å². The zero-order valence-corrected chi connectivity index (χ0v) is 15.8. The third-order valence-electron chi connectivity index (χ3n) is 3.91. The van der Waals surface area contributed by atoms with Gasteiger partial charge in [-0.3, -0.25) is 21.4 Å². The highest BCUT2D eigenvalue weighted by molar-refractivity contribution is 6.30. The van der Waals surface area contributed by atoms with Gasteiger partial charge in [-0.1, -0.05) is 59.6 Å². The maximum atomic E-state index is 9.30. The number of hydrogen-bond donors (Lipinski definition) is 4. The van der Waals surface area contributed by atoms with Gasteiger partial charge in [0.2, 0.25) is 0 Å². The molecule has 0 fully saturated rings. The summed E-state index contributed by atoms with van der Waals surface area (Å²) in [5, 5.41) is 19.9. The summed E-state index contributed by atoms with van der Waals surface area (Å²) in [7, 11) is 0. The summed E-state index contributed by atoms with van der Waals surface area (Å²) >= 11 is 11.7. The smallest absolute Gasteiger partial charge is 0.0634 e. The van der Waals surface area contributed by atoms with Crippen molar-refractivity contribution in [1.82, 2.24) is 11.0 Å². The molecule has 0 heterocycles. The van der Waals surface area contributed by atoms with E-state index in [1.54, 1.807) is 24.3 Å². The average molecular weight is 393 g/mol. The van der Waals surface area contributed by atoms with Gasteiger partial charge in [0.25, 0.3) is 0 Å². The summed E-state index contributed by atoms with van der Waals surface area (Å²) in [5.41, 5.74) is 7.56. The monoisotopic (exact) mass is 392 g/mol. The Balaban J connectivity index is 1.83. The van der Waals surface area contributed by atoms with E-state index in [4.69, 9.17) is 23.2 Å². The van der Waals surface area contributed by atoms with E-state index in [2.05, 4.69) is 11.0 Å². The Morgan fingerprint density at radius 1 is 0.692 bits per heavy atom. The van der Waals surface area contributed by atoms with Crippen molar-refractivity contribution >= 4 is 34.6 Å². The van der Waals surface area contributed by atoms with Crippen LogP contribution in [0.1, 0.15) is 36.8 Å². The summed E-state index contributed by atoms with van der Waals surface area (Å²) in [4.78, 5) is 0. The average Bonchev–Trinajstić information content (AvgIpc) is 2.66. The molecular weight excluding hydrogens is 371 g/mol. The first-order valence-electron chi connectivity index (χ1n) is 8.36. The molecule has 4 N–H and O–H groups in total. The molecule has 0 bridgehead atoms. The van der Waals surface area contributed by atoms with Crippen molar-refractivity contribution in [2.24, 2.45) is 0 Å². The maximum absolute atomic E-state index is 9.30. The molecule has 0 saturated carbocycles. The minimum absolute atomic E-state index is 0.659. The molecule has 0 aliphatic rings. The van der Waals surface area contributed by atoms with Crippen molar-refractivity contribution in [1.29, 1.82) is 0 Å². The van der Waals surface area contributed by atoms with Crippen LogP contribution in [0.25, 0.3) is 11.4 Å². The fourth-order valence-electron chi connectivity index (χ4n) is 2.50. The summed E-state index contributed by atoms with van der Waals surface area (Å²) < 4.78 is 0. The molecule has 0 aromatic heterocycles. The molecule has 0 radical (unpaired) electrons. The molecule has 0 aliphatic heterocycles. The number of nitrogens with one attached hydrogen (secondary N) is 2. The molecule has 2 aromatic carbocycles. The van der Waals surface area contributed by atoms with Crippen LogP contribution >= 0.6 is 23.2 Å². The molecule has 0 amide bonds. The zero-order valence-electron chi connectivity index (χ0n) is 14.3. The van der Waals surface area contributed by atoms with Gasteiger partial charge >= 0.3 is 0 Å². The van der Waals surface area contributed by atoms with Crippen LogP contribution in [0.4, 0.5) is 0 Å². The van der Waals surface area contributed by atoms with E-state index in [9.17, 15) is 10.4 Å². The number of allylic oxidation sites excluding steroid dienone is 2. The molecule has 0 unspecified atom stereocenters. The summed E-state index contributed by atoms with van der Waals surface area (Å²) in [5.74, 6) is 0. The summed E-state index contributed by atoms with van der Waals surface area (Å²) in [6.07, 6.45) is 7.46. The molecule has 0 atom stereocenters. The van der Waals surface area contributed by atoms with Crippen molar-refractivity contribution in [3.05, 3.63) is 81.9 Å². The third-order valence-corrected chi connectivity index (χ3v) is 4.41. The van der Waals surface area contributed by atoms with Crippen LogP contribution in [0.5, 0.6) is 0 Å². The predicted octanol–water partition coefficient (Wildman–Crippen LogP) is 5.89. The predicted molar refractivity (Wildman–Crippen MR) is 107 cm³/mol. The Morgan fingerprint density at radius 2 is 1.04 bits per heavy atom. The fraction of sp³-hybridized carbons (Fsp3) is 0.200. The van der Waals surface area contributed by atoms with E-state index in [0.29, 0.717) is 21.4 Å². The first-order valence-corrected chi connectivity index (χ1v) is 9.12. The number of benzene rings is 2. The van der Waals surface area contributed by atoms with Gasteiger partial charge < -0.3 is 0 Å². The first-order chi connectivity index (χ1) is 12.6. The molecular formula is C20H22Cl2N2O2. The lowest BCUT2D eigenvalue weighted by Gasteiger charge is -2.07. The largest absolute Gasteiger partial charge is 0.291 e. The quantitative estimate of drug-likeness (QED) is 0.317. The number of hydrogen-bond acceptors (Lipinski definition) is 4. The second-order valence-electron chi connectivity index (χ2n) is 5.76. The van der Waals surface area contributed by atoms with Crippen molar-refractivity contribution in [2.75, 3.05) is 0 Å². The standard InChI is InChI=1S/C20H22Cl2N2O2/c21-17-11-7-15(8-12-17)19(23-25)5-3-1-2-4-6-20(24-26)16-9-13-18(22)14-10-16/h5-14,23-26H,1-4H2/b19-5-,20-6+. The summed E-state index contributed by atoms with van der Waals surface area (Å²) in [6, 6.07) is 14.5. The van der Waals surface area contributed by atoms with E-state index in [1.165, 1.54) is 0 Å². The Bertz CT molecular complexity index is 676. The van der Waals surface area contributed by atoms with Gasteiger partial charge in [-0.2, -0.15) is 0 Å². The lowest BCUT2D eigenvalue weighted by atomic mass is 10.1. The molecule has 0 aliphatic carbocycles. The van der Waals surface area contributed by atoms with Gasteiger partial charge in [0, 0.05) is 10.0 Å². The second-order valence-corrected chi connectivity index (χ2v) is 6.63. The van der Waals surface area contributed by atoms with Crippen molar-refractivity contribution in [3.8, 4) is 0 Å². The highest BCUT2D eigenvalue weighted by atomic mass is 35.5. The lowest BCUT2D eigenvalue weighted by Crippen LogP contribution is -2.05. The van der Waals surface area contributed by atoms with E-state index < -0.39 is 0 Å². The maximum Gasteiger partial charge on any atom is 0.0634 e. The molecule has 4 nitrogen and oxygen atoms in total. The van der Waals surface area contributed by atoms with E-state index >= 15 is 0 Å². The van der Waals surface area contributed by atoms with Gasteiger partial charge in [-0.15, -0.1) is 0 Å². The molecule has 2 rings (SSSR count). The second kappa shape index (κ2) is 10.9. The molecule has 26 heavy (non-hydrogen) atoms. The van der Waals surface area contributed by atoms with Gasteiger partial charge in [0.05, 0.1) is 11.4 Å². The van der Waals surface area contributed by atoms with Crippen LogP contribution < -0.4 is 11.0 Å². The summed E-state index contributed by atoms with van der Waals surface area (Å²) in [6.45, 7) is 0. The van der Waals surface area contributed by atoms with Crippen LogP contribution in [0, 0.1) is 0 Å². The third kappa shape index (κ3) is 6.39. The number of unbranched alkanes of at least 4 members (excludes halogenated alkanes) is 3. The van der Waals surface area contributed by atoms with Crippen LogP contribution in [-0.2, 0) is 0 Å². The Morgan fingerprint density at radius 3 is 1.35 bits per heavy atom. The minimum atomic E-state index is 0.659. The highest BCUT2D eigenvalue weighted by Gasteiger charge is 2.01. The van der Waals surface area contributed by atoms with Gasteiger partial charge in [0.15, 0.2) is 0 Å². The topological polar surface area (TPSA) is 64.5 Å². The van der Waals surface area contributed by atoms with Crippen LogP contribution in [0.3, 0.4) is 0 Å². The molecule has 2 aromatic rings. The first kappa shape index (κ1) is 20.3. The van der Waals surface area contributed by atoms with E-state index in [-0.39, 0.29) is 0 Å². The van der Waals surface area contributed by atoms with E-state index in [1.807, 2.05) is 36.4 Å². The number of rotatable bonds is 9.